The van der Waals surface area contributed by atoms with E-state index in [-0.39, 0.29) is 0 Å². The molecule has 1 heterocycles. The lowest BCUT2D eigenvalue weighted by Gasteiger charge is -2.11. The minimum Gasteiger partial charge on any atom is -0.465 e. The zero-order chi connectivity index (χ0) is 13.8. The van der Waals surface area contributed by atoms with Crippen molar-refractivity contribution in [2.45, 2.75) is 58.3 Å². The van der Waals surface area contributed by atoms with Gasteiger partial charge in [-0.1, -0.05) is 50.1 Å². The molecule has 0 spiro atoms. The first-order valence-corrected chi connectivity index (χ1v) is 8.09. The smallest absolute Gasteiger partial charge is 0.112 e. The second kappa shape index (κ2) is 6.30. The standard InChI is InChI=1S/C19H24O/c1-2-3-5-14-18-19(15-10-6-4-7-11-15)16-12-8-9-13-17(16)20-18/h4,6-7,10-11H,2-3,5,8-9,12-14H2,1H3. The quantitative estimate of drug-likeness (QED) is 0.647. The molecule has 1 nitrogen and oxygen atoms in total. The summed E-state index contributed by atoms with van der Waals surface area (Å²) < 4.78 is 6.24. The molecule has 0 fully saturated rings. The maximum atomic E-state index is 6.24. The number of furan rings is 1. The van der Waals surface area contributed by atoms with Crippen molar-refractivity contribution in [1.82, 2.24) is 0 Å². The Labute approximate surface area is 122 Å². The number of hydrogen-bond acceptors (Lipinski definition) is 1. The normalized spacial score (nSPS) is 14.2. The maximum Gasteiger partial charge on any atom is 0.112 e. The fourth-order valence-corrected chi connectivity index (χ4v) is 3.27. The minimum atomic E-state index is 1.09. The van der Waals surface area contributed by atoms with E-state index in [1.54, 1.807) is 0 Å². The number of hydrogen-bond donors (Lipinski definition) is 0. The second-order valence-electron chi connectivity index (χ2n) is 5.83. The van der Waals surface area contributed by atoms with Gasteiger partial charge in [0.15, 0.2) is 0 Å². The van der Waals surface area contributed by atoms with Gasteiger partial charge in [-0.3, -0.25) is 0 Å². The third-order valence-corrected chi connectivity index (χ3v) is 4.31. The van der Waals surface area contributed by atoms with Gasteiger partial charge in [0.1, 0.15) is 11.5 Å². The van der Waals surface area contributed by atoms with Gasteiger partial charge in [-0.2, -0.15) is 0 Å². The van der Waals surface area contributed by atoms with E-state index in [1.165, 1.54) is 66.7 Å². The molecule has 0 unspecified atom stereocenters. The maximum absolute atomic E-state index is 6.24. The third-order valence-electron chi connectivity index (χ3n) is 4.31. The van der Waals surface area contributed by atoms with Crippen LogP contribution in [0.25, 0.3) is 11.1 Å². The van der Waals surface area contributed by atoms with Crippen LogP contribution in [0.5, 0.6) is 0 Å². The monoisotopic (exact) mass is 268 g/mol. The molecule has 1 aliphatic carbocycles. The van der Waals surface area contributed by atoms with Crippen molar-refractivity contribution in [2.24, 2.45) is 0 Å². The molecule has 0 amide bonds. The highest BCUT2D eigenvalue weighted by molar-refractivity contribution is 5.71. The highest BCUT2D eigenvalue weighted by Crippen LogP contribution is 2.37. The molecular formula is C19H24O. The van der Waals surface area contributed by atoms with Crippen LogP contribution in [0.15, 0.2) is 34.7 Å². The van der Waals surface area contributed by atoms with E-state index >= 15 is 0 Å². The highest BCUT2D eigenvalue weighted by atomic mass is 16.3. The molecule has 0 atom stereocenters. The van der Waals surface area contributed by atoms with E-state index in [4.69, 9.17) is 4.42 Å². The highest BCUT2D eigenvalue weighted by Gasteiger charge is 2.22. The van der Waals surface area contributed by atoms with E-state index < -0.39 is 0 Å². The Morgan fingerprint density at radius 1 is 1.00 bits per heavy atom. The molecule has 1 aromatic carbocycles. The average Bonchev–Trinajstić information content (AvgIpc) is 2.86. The van der Waals surface area contributed by atoms with Crippen LogP contribution in [0.4, 0.5) is 0 Å². The minimum absolute atomic E-state index is 1.09. The predicted octanol–water partition coefficient (Wildman–Crippen LogP) is 5.56. The summed E-state index contributed by atoms with van der Waals surface area (Å²) in [7, 11) is 0. The second-order valence-corrected chi connectivity index (χ2v) is 5.83. The molecule has 1 heteroatoms. The molecule has 1 aromatic heterocycles. The molecule has 1 aliphatic rings. The fraction of sp³-hybridized carbons (Fsp3) is 0.474. The molecule has 3 rings (SSSR count). The molecule has 0 N–H and O–H groups in total. The number of fused-ring (bicyclic) bond motifs is 1. The van der Waals surface area contributed by atoms with Gasteiger partial charge in [0.2, 0.25) is 0 Å². The lowest BCUT2D eigenvalue weighted by Crippen LogP contribution is -2.00. The molecule has 0 saturated heterocycles. The Morgan fingerprint density at radius 3 is 2.60 bits per heavy atom. The number of unbranched alkanes of at least 4 members (excludes halogenated alkanes) is 2. The zero-order valence-corrected chi connectivity index (χ0v) is 12.5. The Kier molecular flexibility index (Phi) is 4.25. The Balaban J connectivity index is 1.98. The van der Waals surface area contributed by atoms with Crippen LogP contribution >= 0.6 is 0 Å². The van der Waals surface area contributed by atoms with Crippen molar-refractivity contribution >= 4 is 0 Å². The van der Waals surface area contributed by atoms with Crippen molar-refractivity contribution in [1.29, 1.82) is 0 Å². The van der Waals surface area contributed by atoms with Crippen LogP contribution in [-0.2, 0) is 19.3 Å². The van der Waals surface area contributed by atoms with Crippen molar-refractivity contribution < 1.29 is 4.42 Å². The topological polar surface area (TPSA) is 13.1 Å². The van der Waals surface area contributed by atoms with Gasteiger partial charge < -0.3 is 4.42 Å². The predicted molar refractivity (Wildman–Crippen MR) is 84.0 cm³/mol. The van der Waals surface area contributed by atoms with Gasteiger partial charge in [0.05, 0.1) is 0 Å². The lowest BCUT2D eigenvalue weighted by atomic mass is 9.90. The first-order chi connectivity index (χ1) is 9.90. The summed E-state index contributed by atoms with van der Waals surface area (Å²) >= 11 is 0. The summed E-state index contributed by atoms with van der Waals surface area (Å²) in [6.45, 7) is 2.26. The fourth-order valence-electron chi connectivity index (χ4n) is 3.27. The van der Waals surface area contributed by atoms with Gasteiger partial charge in [0, 0.05) is 24.0 Å². The molecular weight excluding hydrogens is 244 g/mol. The van der Waals surface area contributed by atoms with E-state index in [1.807, 2.05) is 0 Å². The van der Waals surface area contributed by atoms with Gasteiger partial charge in [-0.25, -0.2) is 0 Å². The van der Waals surface area contributed by atoms with E-state index in [0.717, 1.165) is 12.8 Å². The lowest BCUT2D eigenvalue weighted by molar-refractivity contribution is 0.438. The summed E-state index contributed by atoms with van der Waals surface area (Å²) in [5, 5.41) is 0. The van der Waals surface area contributed by atoms with Crippen LogP contribution in [0, 0.1) is 0 Å². The van der Waals surface area contributed by atoms with Crippen LogP contribution in [-0.4, -0.2) is 0 Å². The number of benzene rings is 1. The molecule has 0 aliphatic heterocycles. The molecule has 106 valence electrons. The summed E-state index contributed by atoms with van der Waals surface area (Å²) in [5.41, 5.74) is 4.25. The number of aryl methyl sites for hydroxylation is 2. The van der Waals surface area contributed by atoms with Gasteiger partial charge in [-0.15, -0.1) is 0 Å². The van der Waals surface area contributed by atoms with Crippen LogP contribution in [0.3, 0.4) is 0 Å². The van der Waals surface area contributed by atoms with Gasteiger partial charge in [-0.05, 0) is 31.2 Å². The summed E-state index contributed by atoms with van der Waals surface area (Å²) in [6, 6.07) is 10.8. The van der Waals surface area contributed by atoms with Gasteiger partial charge in [0.25, 0.3) is 0 Å². The van der Waals surface area contributed by atoms with Crippen LogP contribution in [0.2, 0.25) is 0 Å². The first kappa shape index (κ1) is 13.5. The van der Waals surface area contributed by atoms with Crippen LogP contribution in [0.1, 0.15) is 56.1 Å². The SMILES string of the molecule is CCCCCc1oc2c(c1-c1ccccc1)CCCC2. The third kappa shape index (κ3) is 2.67. The Bertz CT molecular complexity index is 551. The van der Waals surface area contributed by atoms with E-state index in [0.29, 0.717) is 0 Å². The molecule has 2 aromatic rings. The van der Waals surface area contributed by atoms with E-state index in [9.17, 15) is 0 Å². The molecule has 0 bridgehead atoms. The average molecular weight is 268 g/mol. The Hall–Kier alpha value is -1.50. The molecule has 0 radical (unpaired) electrons. The first-order valence-electron chi connectivity index (χ1n) is 8.09. The summed E-state index contributed by atoms with van der Waals surface area (Å²) in [5.74, 6) is 2.50. The van der Waals surface area contributed by atoms with Crippen molar-refractivity contribution in [2.75, 3.05) is 0 Å². The van der Waals surface area contributed by atoms with Crippen molar-refractivity contribution in [3.8, 4) is 11.1 Å². The van der Waals surface area contributed by atoms with Gasteiger partial charge >= 0.3 is 0 Å². The Morgan fingerprint density at radius 2 is 1.80 bits per heavy atom. The summed E-state index contributed by atoms with van der Waals surface area (Å²) in [4.78, 5) is 0. The van der Waals surface area contributed by atoms with Crippen molar-refractivity contribution in [3.05, 3.63) is 47.4 Å². The van der Waals surface area contributed by atoms with Crippen molar-refractivity contribution in [3.63, 3.8) is 0 Å². The number of rotatable bonds is 5. The van der Waals surface area contributed by atoms with Crippen LogP contribution < -0.4 is 0 Å². The largest absolute Gasteiger partial charge is 0.465 e. The zero-order valence-electron chi connectivity index (χ0n) is 12.5. The van der Waals surface area contributed by atoms with E-state index in [2.05, 4.69) is 37.3 Å². The molecule has 20 heavy (non-hydrogen) atoms. The molecule has 0 saturated carbocycles. The summed E-state index contributed by atoms with van der Waals surface area (Å²) in [6.07, 6.45) is 9.79.